The maximum absolute atomic E-state index is 9.93. The number of carbonyl (C=O) groups is 1. The highest BCUT2D eigenvalue weighted by atomic mass is 32.2. The number of rotatable bonds is 3. The largest absolute Gasteiger partial charge is 0.481 e. The molecule has 0 aliphatic rings. The molecule has 1 N–H and O–H groups in total. The Balaban J connectivity index is 0. The van der Waals surface area contributed by atoms with Crippen LogP contribution in [-0.2, 0) is 4.79 Å². The highest BCUT2D eigenvalue weighted by Crippen LogP contribution is 1.97. The van der Waals surface area contributed by atoms with Crippen molar-refractivity contribution in [2.45, 2.75) is 20.3 Å². The lowest BCUT2D eigenvalue weighted by atomic mass is 10.1. The zero-order valence-corrected chi connectivity index (χ0v) is 8.91. The number of thiol groups is 1. The average Bonchev–Trinajstić information content (AvgIpc) is 2.03. The molecule has 11 heavy (non-hydrogen) atoms. The van der Waals surface area contributed by atoms with Gasteiger partial charge in [0, 0.05) is 5.08 Å². The molecule has 0 saturated heterocycles. The quantitative estimate of drug-likeness (QED) is 0.537. The fourth-order valence-electron chi connectivity index (χ4n) is 0.175. The van der Waals surface area contributed by atoms with Crippen LogP contribution in [0.15, 0.2) is 0 Å². The summed E-state index contributed by atoms with van der Waals surface area (Å²) >= 11 is 5.60. The van der Waals surface area contributed by atoms with Gasteiger partial charge in [0.15, 0.2) is 0 Å². The Morgan fingerprint density at radius 3 is 2.09 bits per heavy atom. The Hall–Kier alpha value is 0.170. The predicted molar refractivity (Wildman–Crippen MR) is 54.5 cm³/mol. The molecule has 2 nitrogen and oxygen atoms in total. The highest BCUT2D eigenvalue weighted by molar-refractivity contribution is 8.08. The van der Waals surface area contributed by atoms with E-state index in [0.29, 0.717) is 0 Å². The summed E-state index contributed by atoms with van der Waals surface area (Å²) < 4.78 is 0. The Labute approximate surface area is 78.2 Å². The van der Waals surface area contributed by atoms with Crippen LogP contribution in [0, 0.1) is 5.92 Å². The molecule has 4 heteroatoms. The van der Waals surface area contributed by atoms with Crippen LogP contribution in [0.25, 0.3) is 0 Å². The number of carboxylic acid groups (broad SMARTS) is 1. The van der Waals surface area contributed by atoms with Gasteiger partial charge in [-0.1, -0.05) is 13.8 Å². The van der Waals surface area contributed by atoms with Crippen molar-refractivity contribution >= 4 is 30.4 Å². The minimum atomic E-state index is -0.706. The lowest BCUT2D eigenvalue weighted by molar-refractivity contribution is -0.141. The van der Waals surface area contributed by atoms with Gasteiger partial charge in [0.2, 0.25) is 0 Å². The van der Waals surface area contributed by atoms with Crippen molar-refractivity contribution in [3.63, 3.8) is 0 Å². The van der Waals surface area contributed by atoms with Gasteiger partial charge in [-0.3, -0.25) is 4.79 Å². The Morgan fingerprint density at radius 1 is 1.73 bits per heavy atom. The van der Waals surface area contributed by atoms with Gasteiger partial charge >= 0.3 is 5.97 Å². The number of hydrogen-bond donors (Lipinski definition) is 2. The topological polar surface area (TPSA) is 37.3 Å². The van der Waals surface area contributed by atoms with Crippen molar-refractivity contribution in [2.24, 2.45) is 5.92 Å². The minimum absolute atomic E-state index is 0.181. The summed E-state index contributed by atoms with van der Waals surface area (Å²) in [5, 5.41) is 9.11. The molecular formula is C7H16O2S2. The molecule has 68 valence electrons. The van der Waals surface area contributed by atoms with Gasteiger partial charge < -0.3 is 5.11 Å². The van der Waals surface area contributed by atoms with E-state index >= 15 is 0 Å². The number of thioether (sulfide) groups is 1. The standard InChI is InChI=1S/C5H10O2.C2H6S2/c1-3-4(2)5(6)7;1-4-2-3/h4H,3H2,1-2H3,(H,6,7);3H,2H2,1H3. The van der Waals surface area contributed by atoms with E-state index in [0.717, 1.165) is 11.5 Å². The molecular weight excluding hydrogens is 180 g/mol. The lowest BCUT2D eigenvalue weighted by Gasteiger charge is -1.96. The van der Waals surface area contributed by atoms with Crippen molar-refractivity contribution in [1.82, 2.24) is 0 Å². The molecule has 0 aromatic heterocycles. The molecule has 0 rings (SSSR count). The summed E-state index contributed by atoms with van der Waals surface area (Å²) in [6.07, 6.45) is 2.74. The van der Waals surface area contributed by atoms with Crippen LogP contribution in [0.5, 0.6) is 0 Å². The van der Waals surface area contributed by atoms with Crippen molar-refractivity contribution in [3.05, 3.63) is 0 Å². The second-order valence-corrected chi connectivity index (χ2v) is 3.68. The summed E-state index contributed by atoms with van der Waals surface area (Å²) in [6, 6.07) is 0. The third kappa shape index (κ3) is 13.2. The molecule has 0 heterocycles. The van der Waals surface area contributed by atoms with Gasteiger partial charge in [0.1, 0.15) is 0 Å². The van der Waals surface area contributed by atoms with Crippen LogP contribution in [0.3, 0.4) is 0 Å². The van der Waals surface area contributed by atoms with Gasteiger partial charge in [0.25, 0.3) is 0 Å². The molecule has 0 spiro atoms. The first-order valence-electron chi connectivity index (χ1n) is 3.42. The van der Waals surface area contributed by atoms with Gasteiger partial charge in [-0.05, 0) is 12.7 Å². The van der Waals surface area contributed by atoms with Crippen molar-refractivity contribution in [3.8, 4) is 0 Å². The van der Waals surface area contributed by atoms with Crippen LogP contribution >= 0.6 is 24.4 Å². The summed E-state index contributed by atoms with van der Waals surface area (Å²) in [6.45, 7) is 3.56. The molecule has 0 radical (unpaired) electrons. The maximum atomic E-state index is 9.93. The van der Waals surface area contributed by atoms with Gasteiger partial charge in [-0.15, -0.1) is 0 Å². The third-order valence-electron chi connectivity index (χ3n) is 1.16. The summed E-state index contributed by atoms with van der Waals surface area (Å²) in [5.74, 6) is -0.887. The Bertz CT molecular complexity index is 94.4. The number of hydrogen-bond acceptors (Lipinski definition) is 3. The normalized spacial score (nSPS) is 11.3. The average molecular weight is 196 g/mol. The van der Waals surface area contributed by atoms with Crippen molar-refractivity contribution in [1.29, 1.82) is 0 Å². The van der Waals surface area contributed by atoms with E-state index in [-0.39, 0.29) is 5.92 Å². The van der Waals surface area contributed by atoms with Crippen LogP contribution < -0.4 is 0 Å². The van der Waals surface area contributed by atoms with E-state index < -0.39 is 5.97 Å². The Kier molecular flexibility index (Phi) is 12.7. The minimum Gasteiger partial charge on any atom is -0.481 e. The second kappa shape index (κ2) is 10.2. The van der Waals surface area contributed by atoms with Crippen LogP contribution in [-0.4, -0.2) is 22.4 Å². The van der Waals surface area contributed by atoms with Crippen molar-refractivity contribution in [2.75, 3.05) is 11.3 Å². The van der Waals surface area contributed by atoms with Gasteiger partial charge in [0.05, 0.1) is 5.92 Å². The Morgan fingerprint density at radius 2 is 2.09 bits per heavy atom. The monoisotopic (exact) mass is 196 g/mol. The summed E-state index contributed by atoms with van der Waals surface area (Å²) in [5.41, 5.74) is 0. The summed E-state index contributed by atoms with van der Waals surface area (Å²) in [4.78, 5) is 9.93. The first kappa shape index (κ1) is 13.7. The second-order valence-electron chi connectivity index (χ2n) is 2.07. The zero-order chi connectivity index (χ0) is 9.28. The molecule has 0 aromatic carbocycles. The molecule has 0 aliphatic carbocycles. The molecule has 0 saturated carbocycles. The van der Waals surface area contributed by atoms with Crippen molar-refractivity contribution < 1.29 is 9.90 Å². The molecule has 1 atom stereocenters. The predicted octanol–water partition coefficient (Wildman–Crippen LogP) is 2.35. The molecule has 0 bridgehead atoms. The van der Waals surface area contributed by atoms with E-state index in [4.69, 9.17) is 5.11 Å². The van der Waals surface area contributed by atoms with E-state index in [2.05, 4.69) is 12.6 Å². The van der Waals surface area contributed by atoms with E-state index in [1.807, 2.05) is 13.2 Å². The van der Waals surface area contributed by atoms with Gasteiger partial charge in [-0.25, -0.2) is 0 Å². The van der Waals surface area contributed by atoms with E-state index in [1.54, 1.807) is 18.7 Å². The van der Waals surface area contributed by atoms with Crippen LogP contribution in [0.1, 0.15) is 20.3 Å². The molecule has 0 fully saturated rings. The van der Waals surface area contributed by atoms with Gasteiger partial charge in [-0.2, -0.15) is 24.4 Å². The molecule has 1 unspecified atom stereocenters. The van der Waals surface area contributed by atoms with Crippen LogP contribution in [0.2, 0.25) is 0 Å². The van der Waals surface area contributed by atoms with E-state index in [9.17, 15) is 4.79 Å². The van der Waals surface area contributed by atoms with Crippen LogP contribution in [0.4, 0.5) is 0 Å². The fourth-order valence-corrected chi connectivity index (χ4v) is 0.175. The molecule has 0 amide bonds. The molecule has 0 aliphatic heterocycles. The first-order valence-corrected chi connectivity index (χ1v) is 5.45. The number of aliphatic carboxylic acids is 1. The number of carboxylic acids is 1. The first-order chi connectivity index (χ1) is 5.09. The smallest absolute Gasteiger partial charge is 0.306 e. The third-order valence-corrected chi connectivity index (χ3v) is 2.20. The molecule has 0 aromatic rings. The lowest BCUT2D eigenvalue weighted by Crippen LogP contribution is -2.06. The maximum Gasteiger partial charge on any atom is 0.306 e. The van der Waals surface area contributed by atoms with E-state index in [1.165, 1.54) is 0 Å². The zero-order valence-electron chi connectivity index (χ0n) is 7.20. The summed E-state index contributed by atoms with van der Waals surface area (Å²) in [7, 11) is 0. The highest BCUT2D eigenvalue weighted by Gasteiger charge is 2.05. The SMILES string of the molecule is CCC(C)C(=O)O.CSCS. The fraction of sp³-hybridized carbons (Fsp3) is 0.857.